The molecule has 2 aromatic rings. The maximum Gasteiger partial charge on any atom is 0.0741 e. The minimum absolute atomic E-state index is 0.195. The van der Waals surface area contributed by atoms with E-state index < -0.39 is 0 Å². The number of rotatable bonds is 2. The Balaban J connectivity index is 2.29. The molecule has 15 heavy (non-hydrogen) atoms. The Labute approximate surface area is 89.0 Å². The third-order valence-electron chi connectivity index (χ3n) is 2.30. The summed E-state index contributed by atoms with van der Waals surface area (Å²) in [7, 11) is 0. The monoisotopic (exact) mass is 199 g/mol. The van der Waals surface area contributed by atoms with Crippen LogP contribution in [0, 0.1) is 6.92 Å². The molecule has 3 nitrogen and oxygen atoms in total. The molecule has 0 aliphatic rings. The Bertz CT molecular complexity index is 422. The lowest BCUT2D eigenvalue weighted by Crippen LogP contribution is -2.13. The lowest BCUT2D eigenvalue weighted by molar-refractivity contribution is 0.821. The molecule has 0 aliphatic carbocycles. The fourth-order valence-electron chi connectivity index (χ4n) is 1.39. The average molecular weight is 199 g/mol. The summed E-state index contributed by atoms with van der Waals surface area (Å²) >= 11 is 0. The summed E-state index contributed by atoms with van der Waals surface area (Å²) in [5.41, 5.74) is 8.91. The molecule has 0 radical (unpaired) electrons. The molecule has 1 unspecified atom stereocenters. The van der Waals surface area contributed by atoms with Crippen LogP contribution < -0.4 is 5.73 Å². The Morgan fingerprint density at radius 2 is 2.00 bits per heavy atom. The van der Waals surface area contributed by atoms with Gasteiger partial charge in [0, 0.05) is 18.1 Å². The van der Waals surface area contributed by atoms with E-state index in [1.54, 1.807) is 12.4 Å². The van der Waals surface area contributed by atoms with Crippen LogP contribution in [0.25, 0.3) is 0 Å². The fourth-order valence-corrected chi connectivity index (χ4v) is 1.39. The first-order valence-electron chi connectivity index (χ1n) is 4.86. The van der Waals surface area contributed by atoms with Crippen LogP contribution in [0.2, 0.25) is 0 Å². The third kappa shape index (κ3) is 2.19. The zero-order valence-corrected chi connectivity index (χ0v) is 8.59. The van der Waals surface area contributed by atoms with Gasteiger partial charge in [0.25, 0.3) is 0 Å². The maximum atomic E-state index is 6.06. The van der Waals surface area contributed by atoms with Crippen LogP contribution >= 0.6 is 0 Å². The van der Waals surface area contributed by atoms with E-state index in [0.29, 0.717) is 0 Å². The predicted octanol–water partition coefficient (Wildman–Crippen LogP) is 1.83. The van der Waals surface area contributed by atoms with Crippen LogP contribution in [0.5, 0.6) is 0 Å². The van der Waals surface area contributed by atoms with Gasteiger partial charge in [-0.25, -0.2) is 0 Å². The molecule has 3 heteroatoms. The molecule has 0 aliphatic heterocycles. The highest BCUT2D eigenvalue weighted by molar-refractivity contribution is 5.25. The van der Waals surface area contributed by atoms with Gasteiger partial charge in [0.2, 0.25) is 0 Å². The van der Waals surface area contributed by atoms with Crippen molar-refractivity contribution < 1.29 is 0 Å². The van der Waals surface area contributed by atoms with Gasteiger partial charge in [0.1, 0.15) is 0 Å². The molecule has 0 bridgehead atoms. The first kappa shape index (κ1) is 9.80. The zero-order valence-electron chi connectivity index (χ0n) is 8.59. The summed E-state index contributed by atoms with van der Waals surface area (Å²) in [5, 5.41) is 0. The van der Waals surface area contributed by atoms with E-state index >= 15 is 0 Å². The van der Waals surface area contributed by atoms with Crippen LogP contribution in [0.1, 0.15) is 23.0 Å². The molecule has 2 aromatic heterocycles. The first-order chi connectivity index (χ1) is 7.27. The van der Waals surface area contributed by atoms with Gasteiger partial charge < -0.3 is 5.73 Å². The molecule has 2 rings (SSSR count). The standard InChI is InChI=1S/C12H13N3/c1-9-5-6-10(8-15-9)12(13)11-4-2-3-7-14-11/h2-8,12H,13H2,1H3. The van der Waals surface area contributed by atoms with Gasteiger partial charge in [-0.2, -0.15) is 0 Å². The van der Waals surface area contributed by atoms with Crippen molar-refractivity contribution in [2.75, 3.05) is 0 Å². The van der Waals surface area contributed by atoms with Crippen molar-refractivity contribution in [1.29, 1.82) is 0 Å². The second-order valence-electron chi connectivity index (χ2n) is 3.47. The minimum Gasteiger partial charge on any atom is -0.319 e. The number of pyridine rings is 2. The highest BCUT2D eigenvalue weighted by atomic mass is 14.8. The number of hydrogen-bond acceptors (Lipinski definition) is 3. The van der Waals surface area contributed by atoms with Crippen LogP contribution in [-0.2, 0) is 0 Å². The van der Waals surface area contributed by atoms with Gasteiger partial charge in [-0.15, -0.1) is 0 Å². The van der Waals surface area contributed by atoms with Crippen LogP contribution in [0.15, 0.2) is 42.7 Å². The summed E-state index contributed by atoms with van der Waals surface area (Å²) in [6.07, 6.45) is 3.55. The van der Waals surface area contributed by atoms with E-state index in [0.717, 1.165) is 17.0 Å². The van der Waals surface area contributed by atoms with Crippen molar-refractivity contribution in [2.24, 2.45) is 5.73 Å². The quantitative estimate of drug-likeness (QED) is 0.802. The fraction of sp³-hybridized carbons (Fsp3) is 0.167. The van der Waals surface area contributed by atoms with E-state index in [1.165, 1.54) is 0 Å². The number of aromatic nitrogens is 2. The molecule has 0 aromatic carbocycles. The van der Waals surface area contributed by atoms with Gasteiger partial charge in [0.15, 0.2) is 0 Å². The second-order valence-corrected chi connectivity index (χ2v) is 3.47. The molecular weight excluding hydrogens is 186 g/mol. The molecule has 0 saturated carbocycles. The van der Waals surface area contributed by atoms with Crippen LogP contribution in [-0.4, -0.2) is 9.97 Å². The topological polar surface area (TPSA) is 51.8 Å². The molecule has 0 saturated heterocycles. The summed E-state index contributed by atoms with van der Waals surface area (Å²) in [6, 6.07) is 9.48. The smallest absolute Gasteiger partial charge is 0.0741 e. The molecular formula is C12H13N3. The molecule has 76 valence electrons. The van der Waals surface area contributed by atoms with Gasteiger partial charge in [-0.3, -0.25) is 9.97 Å². The predicted molar refractivity (Wildman–Crippen MR) is 59.2 cm³/mol. The summed E-state index contributed by atoms with van der Waals surface area (Å²) < 4.78 is 0. The first-order valence-corrected chi connectivity index (χ1v) is 4.86. The summed E-state index contributed by atoms with van der Waals surface area (Å²) in [6.45, 7) is 1.95. The van der Waals surface area contributed by atoms with Crippen molar-refractivity contribution in [3.63, 3.8) is 0 Å². The van der Waals surface area contributed by atoms with E-state index in [1.807, 2.05) is 37.3 Å². The lowest BCUT2D eigenvalue weighted by atomic mass is 10.1. The van der Waals surface area contributed by atoms with Gasteiger partial charge in [0.05, 0.1) is 11.7 Å². The maximum absolute atomic E-state index is 6.06. The average Bonchev–Trinajstić information content (AvgIpc) is 2.30. The van der Waals surface area contributed by atoms with E-state index in [2.05, 4.69) is 9.97 Å². The highest BCUT2D eigenvalue weighted by Gasteiger charge is 2.09. The zero-order chi connectivity index (χ0) is 10.7. The lowest BCUT2D eigenvalue weighted by Gasteiger charge is -2.10. The van der Waals surface area contributed by atoms with Crippen molar-refractivity contribution in [2.45, 2.75) is 13.0 Å². The molecule has 2 N–H and O–H groups in total. The van der Waals surface area contributed by atoms with E-state index in [9.17, 15) is 0 Å². The highest BCUT2D eigenvalue weighted by Crippen LogP contribution is 2.16. The number of nitrogens with zero attached hydrogens (tertiary/aromatic N) is 2. The third-order valence-corrected chi connectivity index (χ3v) is 2.30. The Morgan fingerprint density at radius 3 is 2.60 bits per heavy atom. The largest absolute Gasteiger partial charge is 0.319 e. The van der Waals surface area contributed by atoms with Crippen molar-refractivity contribution in [1.82, 2.24) is 9.97 Å². The molecule has 0 amide bonds. The number of nitrogens with two attached hydrogens (primary N) is 1. The van der Waals surface area contributed by atoms with Gasteiger partial charge in [-0.1, -0.05) is 12.1 Å². The Kier molecular flexibility index (Phi) is 2.74. The summed E-state index contributed by atoms with van der Waals surface area (Å²) in [5.74, 6) is 0. The van der Waals surface area contributed by atoms with Crippen LogP contribution in [0.3, 0.4) is 0 Å². The van der Waals surface area contributed by atoms with Crippen molar-refractivity contribution >= 4 is 0 Å². The Hall–Kier alpha value is -1.74. The summed E-state index contributed by atoms with van der Waals surface area (Å²) in [4.78, 5) is 8.44. The number of aryl methyl sites for hydroxylation is 1. The minimum atomic E-state index is -0.195. The van der Waals surface area contributed by atoms with E-state index in [4.69, 9.17) is 5.73 Å². The van der Waals surface area contributed by atoms with Crippen LogP contribution in [0.4, 0.5) is 0 Å². The number of hydrogen-bond donors (Lipinski definition) is 1. The molecule has 1 atom stereocenters. The van der Waals surface area contributed by atoms with Gasteiger partial charge in [-0.05, 0) is 30.7 Å². The molecule has 0 fully saturated rings. The van der Waals surface area contributed by atoms with E-state index in [-0.39, 0.29) is 6.04 Å². The van der Waals surface area contributed by atoms with Crippen molar-refractivity contribution in [3.8, 4) is 0 Å². The normalized spacial score (nSPS) is 12.4. The molecule has 0 spiro atoms. The van der Waals surface area contributed by atoms with Crippen molar-refractivity contribution in [3.05, 3.63) is 59.7 Å². The van der Waals surface area contributed by atoms with Gasteiger partial charge >= 0.3 is 0 Å². The second kappa shape index (κ2) is 4.19. The Morgan fingerprint density at radius 1 is 1.13 bits per heavy atom. The SMILES string of the molecule is Cc1ccc(C(N)c2ccccn2)cn1. The molecule has 2 heterocycles.